The van der Waals surface area contributed by atoms with Crippen molar-refractivity contribution in [3.63, 3.8) is 0 Å². The fraction of sp³-hybridized carbons (Fsp3) is 0.158. The Hall–Kier alpha value is -2.18. The number of amides is 1. The number of imidazole rings is 1. The van der Waals surface area contributed by atoms with Gasteiger partial charge < -0.3 is 4.90 Å². The number of carbonyl (C=O) groups is 1. The van der Waals surface area contributed by atoms with E-state index in [0.29, 0.717) is 5.56 Å². The van der Waals surface area contributed by atoms with Crippen molar-refractivity contribution in [1.82, 2.24) is 9.55 Å². The number of fused-ring (bicyclic) bond motifs is 1. The topological polar surface area (TPSA) is 38.1 Å². The van der Waals surface area contributed by atoms with Crippen molar-refractivity contribution in [2.75, 3.05) is 23.5 Å². The van der Waals surface area contributed by atoms with Gasteiger partial charge in [-0.2, -0.15) is 0 Å². The highest BCUT2D eigenvalue weighted by Crippen LogP contribution is 2.35. The van der Waals surface area contributed by atoms with Gasteiger partial charge in [0.15, 0.2) is 5.16 Å². The van der Waals surface area contributed by atoms with Crippen molar-refractivity contribution in [3.05, 3.63) is 66.5 Å². The molecule has 1 amide bonds. The van der Waals surface area contributed by atoms with Crippen LogP contribution in [0.15, 0.2) is 71.0 Å². The summed E-state index contributed by atoms with van der Waals surface area (Å²) in [6.07, 6.45) is 5.69. The Kier molecular flexibility index (Phi) is 4.55. The standard InChI is InChI=1S/C19H17N3OS2/c1-24-19-20-9-10-21(19)15-6-4-5-14(13-15)18(23)22-11-12-25-17-8-3-2-7-16(17)22/h2-10,13H,11-12H2,1H3. The number of hydrogen-bond acceptors (Lipinski definition) is 4. The zero-order chi connectivity index (χ0) is 17.2. The van der Waals surface area contributed by atoms with Crippen molar-refractivity contribution >= 4 is 35.1 Å². The van der Waals surface area contributed by atoms with E-state index < -0.39 is 0 Å². The highest BCUT2D eigenvalue weighted by Gasteiger charge is 2.24. The van der Waals surface area contributed by atoms with Crippen LogP contribution in [-0.2, 0) is 0 Å². The minimum atomic E-state index is 0.0421. The summed E-state index contributed by atoms with van der Waals surface area (Å²) in [5, 5.41) is 0.907. The number of hydrogen-bond donors (Lipinski definition) is 0. The molecular weight excluding hydrogens is 350 g/mol. The molecule has 0 bridgehead atoms. The van der Waals surface area contributed by atoms with E-state index in [1.165, 1.54) is 0 Å². The van der Waals surface area contributed by atoms with Gasteiger partial charge in [-0.1, -0.05) is 30.0 Å². The zero-order valence-electron chi connectivity index (χ0n) is 13.8. The Morgan fingerprint density at radius 2 is 2.08 bits per heavy atom. The van der Waals surface area contributed by atoms with E-state index in [9.17, 15) is 4.79 Å². The first-order valence-electron chi connectivity index (χ1n) is 7.99. The van der Waals surface area contributed by atoms with Gasteiger partial charge in [0.25, 0.3) is 5.91 Å². The molecule has 3 aromatic rings. The molecule has 0 N–H and O–H groups in total. The largest absolute Gasteiger partial charge is 0.306 e. The summed E-state index contributed by atoms with van der Waals surface area (Å²) in [5.41, 5.74) is 2.65. The molecular formula is C19H17N3OS2. The second kappa shape index (κ2) is 6.98. The molecule has 4 rings (SSSR count). The first-order valence-corrected chi connectivity index (χ1v) is 10.2. The average molecular weight is 367 g/mol. The maximum atomic E-state index is 13.1. The quantitative estimate of drug-likeness (QED) is 0.645. The van der Waals surface area contributed by atoms with Gasteiger partial charge in [0.2, 0.25) is 0 Å². The van der Waals surface area contributed by atoms with Gasteiger partial charge in [-0.15, -0.1) is 11.8 Å². The van der Waals surface area contributed by atoms with Gasteiger partial charge in [0.05, 0.1) is 5.69 Å². The molecule has 126 valence electrons. The molecule has 4 nitrogen and oxygen atoms in total. The van der Waals surface area contributed by atoms with Gasteiger partial charge in [0.1, 0.15) is 0 Å². The Morgan fingerprint density at radius 1 is 1.20 bits per heavy atom. The molecule has 6 heteroatoms. The van der Waals surface area contributed by atoms with Crippen molar-refractivity contribution < 1.29 is 4.79 Å². The molecule has 1 aromatic heterocycles. The van der Waals surface area contributed by atoms with Crippen LogP contribution in [0.4, 0.5) is 5.69 Å². The van der Waals surface area contributed by atoms with E-state index >= 15 is 0 Å². The Morgan fingerprint density at radius 3 is 2.96 bits per heavy atom. The summed E-state index contributed by atoms with van der Waals surface area (Å²) in [4.78, 5) is 20.5. The first kappa shape index (κ1) is 16.3. The maximum absolute atomic E-state index is 13.1. The summed E-state index contributed by atoms with van der Waals surface area (Å²) in [6, 6.07) is 15.8. The molecule has 0 saturated carbocycles. The maximum Gasteiger partial charge on any atom is 0.258 e. The molecule has 0 atom stereocenters. The lowest BCUT2D eigenvalue weighted by Gasteiger charge is -2.29. The van der Waals surface area contributed by atoms with E-state index in [2.05, 4.69) is 11.1 Å². The Balaban J connectivity index is 1.69. The molecule has 2 aromatic carbocycles. The Labute approximate surface area is 155 Å². The predicted molar refractivity (Wildman–Crippen MR) is 104 cm³/mol. The van der Waals surface area contributed by atoms with Crippen LogP contribution in [0.5, 0.6) is 0 Å². The van der Waals surface area contributed by atoms with E-state index in [4.69, 9.17) is 0 Å². The van der Waals surface area contributed by atoms with Gasteiger partial charge in [-0.05, 0) is 36.6 Å². The van der Waals surface area contributed by atoms with Crippen LogP contribution in [0.3, 0.4) is 0 Å². The lowest BCUT2D eigenvalue weighted by Crippen LogP contribution is -2.35. The number of anilines is 1. The van der Waals surface area contributed by atoms with E-state index in [1.807, 2.05) is 64.4 Å². The summed E-state index contributed by atoms with van der Waals surface area (Å²) < 4.78 is 2.00. The lowest BCUT2D eigenvalue weighted by atomic mass is 10.1. The van der Waals surface area contributed by atoms with Gasteiger partial charge in [-0.3, -0.25) is 9.36 Å². The third-order valence-electron chi connectivity index (χ3n) is 4.13. The Bertz CT molecular complexity index is 922. The molecule has 0 radical (unpaired) electrons. The summed E-state index contributed by atoms with van der Waals surface area (Å²) in [6.45, 7) is 0.728. The molecule has 1 aliphatic rings. The van der Waals surface area contributed by atoms with Crippen molar-refractivity contribution in [2.24, 2.45) is 0 Å². The predicted octanol–water partition coefficient (Wildman–Crippen LogP) is 4.35. The van der Waals surface area contributed by atoms with Gasteiger partial charge in [-0.25, -0.2) is 4.98 Å². The summed E-state index contributed by atoms with van der Waals surface area (Å²) >= 11 is 3.39. The number of nitrogens with zero attached hydrogens (tertiary/aromatic N) is 3. The molecule has 1 aliphatic heterocycles. The fourth-order valence-electron chi connectivity index (χ4n) is 2.96. The molecule has 0 fully saturated rings. The van der Waals surface area contributed by atoms with Crippen LogP contribution in [0.1, 0.15) is 10.4 Å². The van der Waals surface area contributed by atoms with Crippen LogP contribution in [0.2, 0.25) is 0 Å². The average Bonchev–Trinajstić information content (AvgIpc) is 3.16. The second-order valence-electron chi connectivity index (χ2n) is 5.61. The zero-order valence-corrected chi connectivity index (χ0v) is 15.4. The first-order chi connectivity index (χ1) is 12.3. The molecule has 2 heterocycles. The number of rotatable bonds is 3. The highest BCUT2D eigenvalue weighted by molar-refractivity contribution is 7.99. The van der Waals surface area contributed by atoms with Crippen molar-refractivity contribution in [3.8, 4) is 5.69 Å². The molecule has 0 aliphatic carbocycles. The number of para-hydroxylation sites is 1. The highest BCUT2D eigenvalue weighted by atomic mass is 32.2. The van der Waals surface area contributed by atoms with Crippen molar-refractivity contribution in [1.29, 1.82) is 0 Å². The number of aromatic nitrogens is 2. The number of carbonyl (C=O) groups excluding carboxylic acids is 1. The van der Waals surface area contributed by atoms with Gasteiger partial charge >= 0.3 is 0 Å². The van der Waals surface area contributed by atoms with Crippen molar-refractivity contribution in [2.45, 2.75) is 10.1 Å². The van der Waals surface area contributed by atoms with Crippen LogP contribution in [-0.4, -0.2) is 34.0 Å². The van der Waals surface area contributed by atoms with E-state index in [-0.39, 0.29) is 5.91 Å². The van der Waals surface area contributed by atoms with Crippen LogP contribution in [0.25, 0.3) is 5.69 Å². The second-order valence-corrected chi connectivity index (χ2v) is 7.52. The SMILES string of the molecule is CSc1nccn1-c1cccc(C(=O)N2CCSc3ccccc32)c1. The fourth-order valence-corrected chi connectivity index (χ4v) is 4.49. The van der Waals surface area contributed by atoms with E-state index in [1.54, 1.807) is 29.7 Å². The summed E-state index contributed by atoms with van der Waals surface area (Å²) in [5.74, 6) is 0.959. The van der Waals surface area contributed by atoms with Crippen LogP contribution < -0.4 is 4.90 Å². The van der Waals surface area contributed by atoms with Gasteiger partial charge in [0, 0.05) is 40.8 Å². The number of thioether (sulfide) groups is 2. The minimum Gasteiger partial charge on any atom is -0.306 e. The third-order valence-corrected chi connectivity index (χ3v) is 5.84. The van der Waals surface area contributed by atoms with Crippen LogP contribution >= 0.6 is 23.5 Å². The minimum absolute atomic E-state index is 0.0421. The monoisotopic (exact) mass is 367 g/mol. The molecule has 0 unspecified atom stereocenters. The third kappa shape index (κ3) is 3.07. The normalized spacial score (nSPS) is 13.6. The molecule has 25 heavy (non-hydrogen) atoms. The lowest BCUT2D eigenvalue weighted by molar-refractivity contribution is 0.0987. The molecule has 0 saturated heterocycles. The van der Waals surface area contributed by atoms with Crippen LogP contribution in [0, 0.1) is 0 Å². The smallest absolute Gasteiger partial charge is 0.258 e. The summed E-state index contributed by atoms with van der Waals surface area (Å²) in [7, 11) is 0. The van der Waals surface area contributed by atoms with E-state index in [0.717, 1.165) is 33.7 Å². The molecule has 0 spiro atoms. The number of benzene rings is 2.